The molecular formula is C13H13ClO2. The van der Waals surface area contributed by atoms with Crippen LogP contribution in [0, 0.1) is 6.92 Å². The van der Waals surface area contributed by atoms with Gasteiger partial charge in [-0.3, -0.25) is 4.79 Å². The Kier molecular flexibility index (Phi) is 3.30. The van der Waals surface area contributed by atoms with E-state index in [-0.39, 0.29) is 5.78 Å². The summed E-state index contributed by atoms with van der Waals surface area (Å²) >= 11 is 5.89. The smallest absolute Gasteiger partial charge is 0.227 e. The van der Waals surface area contributed by atoms with E-state index in [1.165, 1.54) is 0 Å². The minimum Gasteiger partial charge on any atom is -0.490 e. The molecule has 84 valence electrons. The van der Waals surface area contributed by atoms with E-state index < -0.39 is 0 Å². The summed E-state index contributed by atoms with van der Waals surface area (Å²) in [5.74, 6) is 0.385. The first-order valence-electron chi connectivity index (χ1n) is 5.32. The average molecular weight is 237 g/mol. The fourth-order valence-corrected chi connectivity index (χ4v) is 1.86. The molecular weight excluding hydrogens is 224 g/mol. The van der Waals surface area contributed by atoms with Gasteiger partial charge in [-0.1, -0.05) is 17.7 Å². The maximum atomic E-state index is 12.1. The second-order valence-corrected chi connectivity index (χ2v) is 4.28. The second kappa shape index (κ2) is 4.71. The summed E-state index contributed by atoms with van der Waals surface area (Å²) in [5, 5.41) is 0.574. The Morgan fingerprint density at radius 2 is 2.25 bits per heavy atom. The van der Waals surface area contributed by atoms with Gasteiger partial charge >= 0.3 is 0 Å². The van der Waals surface area contributed by atoms with Crippen LogP contribution in [0.3, 0.4) is 0 Å². The topological polar surface area (TPSA) is 26.3 Å². The lowest BCUT2D eigenvalue weighted by atomic mass is 10.0. The largest absolute Gasteiger partial charge is 0.490 e. The van der Waals surface area contributed by atoms with Crippen molar-refractivity contribution < 1.29 is 9.53 Å². The van der Waals surface area contributed by atoms with E-state index in [1.807, 2.05) is 19.1 Å². The van der Waals surface area contributed by atoms with Crippen LogP contribution in [0.2, 0.25) is 5.02 Å². The maximum Gasteiger partial charge on any atom is 0.227 e. The number of allylic oxidation sites excluding steroid dienone is 2. The van der Waals surface area contributed by atoms with Crippen LogP contribution in [-0.2, 0) is 4.74 Å². The molecule has 16 heavy (non-hydrogen) atoms. The zero-order valence-electron chi connectivity index (χ0n) is 9.13. The van der Waals surface area contributed by atoms with Gasteiger partial charge in [0.05, 0.1) is 6.61 Å². The minimum atomic E-state index is -0.0697. The first-order chi connectivity index (χ1) is 7.68. The number of ketones is 1. The summed E-state index contributed by atoms with van der Waals surface area (Å²) in [6.07, 6.45) is 3.73. The van der Waals surface area contributed by atoms with Crippen molar-refractivity contribution in [2.24, 2.45) is 0 Å². The molecule has 2 nitrogen and oxygen atoms in total. The van der Waals surface area contributed by atoms with E-state index >= 15 is 0 Å². The Hall–Kier alpha value is -1.28. The number of ether oxygens (including phenoxy) is 1. The first-order valence-corrected chi connectivity index (χ1v) is 5.70. The number of hydrogen-bond acceptors (Lipinski definition) is 2. The van der Waals surface area contributed by atoms with E-state index in [0.717, 1.165) is 18.4 Å². The summed E-state index contributed by atoms with van der Waals surface area (Å²) in [7, 11) is 0. The summed E-state index contributed by atoms with van der Waals surface area (Å²) in [6.45, 7) is 2.52. The molecule has 0 atom stereocenters. The van der Waals surface area contributed by atoms with Gasteiger partial charge in [-0.15, -0.1) is 0 Å². The predicted molar refractivity (Wildman–Crippen MR) is 63.8 cm³/mol. The molecule has 1 aromatic rings. The molecule has 0 N–H and O–H groups in total. The van der Waals surface area contributed by atoms with Crippen LogP contribution >= 0.6 is 11.6 Å². The molecule has 0 amide bonds. The number of Topliss-reactive ketones (excluding diaryl/α,β-unsaturated/α-hetero) is 1. The molecule has 0 radical (unpaired) electrons. The highest BCUT2D eigenvalue weighted by Gasteiger charge is 2.17. The molecule has 0 fully saturated rings. The molecule has 0 saturated carbocycles. The monoisotopic (exact) mass is 236 g/mol. The van der Waals surface area contributed by atoms with Crippen molar-refractivity contribution in [3.05, 3.63) is 46.2 Å². The van der Waals surface area contributed by atoms with Crippen molar-refractivity contribution in [2.75, 3.05) is 6.61 Å². The van der Waals surface area contributed by atoms with Crippen molar-refractivity contribution in [3.63, 3.8) is 0 Å². The Labute approximate surface area is 99.9 Å². The zero-order valence-corrected chi connectivity index (χ0v) is 9.88. The van der Waals surface area contributed by atoms with Crippen molar-refractivity contribution in [2.45, 2.75) is 19.8 Å². The number of aryl methyl sites for hydroxylation is 1. The number of carbonyl (C=O) groups is 1. The second-order valence-electron chi connectivity index (χ2n) is 3.85. The molecule has 1 aliphatic heterocycles. The Morgan fingerprint density at radius 3 is 2.94 bits per heavy atom. The summed E-state index contributed by atoms with van der Waals surface area (Å²) in [6, 6.07) is 5.32. The van der Waals surface area contributed by atoms with Crippen LogP contribution < -0.4 is 0 Å². The lowest BCUT2D eigenvalue weighted by Crippen LogP contribution is -2.12. The molecule has 0 unspecified atom stereocenters. The molecule has 1 aliphatic rings. The van der Waals surface area contributed by atoms with Crippen molar-refractivity contribution >= 4 is 17.4 Å². The zero-order chi connectivity index (χ0) is 11.5. The van der Waals surface area contributed by atoms with Gasteiger partial charge < -0.3 is 4.74 Å². The van der Waals surface area contributed by atoms with E-state index in [1.54, 1.807) is 12.1 Å². The van der Waals surface area contributed by atoms with E-state index in [0.29, 0.717) is 23.0 Å². The highest BCUT2D eigenvalue weighted by Crippen LogP contribution is 2.21. The van der Waals surface area contributed by atoms with Gasteiger partial charge in [0.15, 0.2) is 5.76 Å². The number of carbonyl (C=O) groups excluding carboxylic acids is 1. The summed E-state index contributed by atoms with van der Waals surface area (Å²) in [4.78, 5) is 12.1. The highest BCUT2D eigenvalue weighted by atomic mass is 35.5. The van der Waals surface area contributed by atoms with Crippen LogP contribution in [0.4, 0.5) is 0 Å². The third-order valence-electron chi connectivity index (χ3n) is 2.60. The van der Waals surface area contributed by atoms with Gasteiger partial charge in [-0.05, 0) is 43.5 Å². The van der Waals surface area contributed by atoms with Crippen molar-refractivity contribution in [1.82, 2.24) is 0 Å². The molecule has 0 bridgehead atoms. The van der Waals surface area contributed by atoms with Crippen molar-refractivity contribution in [1.29, 1.82) is 0 Å². The van der Waals surface area contributed by atoms with E-state index in [2.05, 4.69) is 0 Å². The number of halogens is 1. The van der Waals surface area contributed by atoms with Gasteiger partial charge in [-0.25, -0.2) is 0 Å². The van der Waals surface area contributed by atoms with Crippen LogP contribution in [0.5, 0.6) is 0 Å². The third-order valence-corrected chi connectivity index (χ3v) is 2.84. The minimum absolute atomic E-state index is 0.0697. The van der Waals surface area contributed by atoms with Gasteiger partial charge in [-0.2, -0.15) is 0 Å². The van der Waals surface area contributed by atoms with Crippen LogP contribution in [0.1, 0.15) is 28.8 Å². The molecule has 0 aromatic heterocycles. The molecule has 1 heterocycles. The Morgan fingerprint density at radius 1 is 1.44 bits per heavy atom. The van der Waals surface area contributed by atoms with Crippen LogP contribution in [0.25, 0.3) is 0 Å². The standard InChI is InChI=1S/C13H13ClO2/c1-9-5-6-10(14)8-11(9)13(15)12-4-2-3-7-16-12/h4-6,8H,2-3,7H2,1H3. The molecule has 0 spiro atoms. The highest BCUT2D eigenvalue weighted by molar-refractivity contribution is 6.31. The van der Waals surface area contributed by atoms with Crippen molar-refractivity contribution in [3.8, 4) is 0 Å². The predicted octanol–water partition coefficient (Wildman–Crippen LogP) is 3.53. The van der Waals surface area contributed by atoms with E-state index in [4.69, 9.17) is 16.3 Å². The fraction of sp³-hybridized carbons (Fsp3) is 0.308. The van der Waals surface area contributed by atoms with Gasteiger partial charge in [0.2, 0.25) is 5.78 Å². The SMILES string of the molecule is Cc1ccc(Cl)cc1C(=O)C1=CCCCO1. The number of hydrogen-bond donors (Lipinski definition) is 0. The lowest BCUT2D eigenvalue weighted by Gasteiger charge is -2.14. The summed E-state index contributed by atoms with van der Waals surface area (Å²) in [5.41, 5.74) is 1.55. The molecule has 2 rings (SSSR count). The van der Waals surface area contributed by atoms with Gasteiger partial charge in [0.1, 0.15) is 0 Å². The molecule has 1 aromatic carbocycles. The van der Waals surface area contributed by atoms with Crippen LogP contribution in [0.15, 0.2) is 30.0 Å². The van der Waals surface area contributed by atoms with E-state index in [9.17, 15) is 4.79 Å². The maximum absolute atomic E-state index is 12.1. The van der Waals surface area contributed by atoms with Crippen LogP contribution in [-0.4, -0.2) is 12.4 Å². The number of benzene rings is 1. The number of rotatable bonds is 2. The Bertz CT molecular complexity index is 449. The van der Waals surface area contributed by atoms with Gasteiger partial charge in [0.25, 0.3) is 0 Å². The Balaban J connectivity index is 2.33. The fourth-order valence-electron chi connectivity index (χ4n) is 1.69. The average Bonchev–Trinajstić information content (AvgIpc) is 2.32. The quantitative estimate of drug-likeness (QED) is 0.735. The third kappa shape index (κ3) is 2.27. The van der Waals surface area contributed by atoms with Gasteiger partial charge in [0, 0.05) is 10.6 Å². The lowest BCUT2D eigenvalue weighted by molar-refractivity contribution is 0.0898. The normalized spacial score (nSPS) is 15.2. The molecule has 0 aliphatic carbocycles. The molecule has 0 saturated heterocycles. The molecule has 3 heteroatoms. The summed E-state index contributed by atoms with van der Waals surface area (Å²) < 4.78 is 5.36. The first kappa shape index (κ1) is 11.2.